The van der Waals surface area contributed by atoms with Crippen LogP contribution in [-0.2, 0) is 0 Å². The van der Waals surface area contributed by atoms with E-state index in [1.54, 1.807) is 60.7 Å². The third kappa shape index (κ3) is 3.32. The van der Waals surface area contributed by atoms with Crippen molar-refractivity contribution < 1.29 is 24.9 Å². The quantitative estimate of drug-likeness (QED) is 0.606. The fourth-order valence-corrected chi connectivity index (χ4v) is 3.04. The lowest BCUT2D eigenvalue weighted by Gasteiger charge is -2.21. The van der Waals surface area contributed by atoms with E-state index in [0.29, 0.717) is 11.3 Å². The number of ether oxygens (including phenoxy) is 1. The first-order valence-electron chi connectivity index (χ1n) is 7.99. The predicted molar refractivity (Wildman–Crippen MR) is 97.1 cm³/mol. The maximum Gasteiger partial charge on any atom is 0.335 e. The molecule has 5 nitrogen and oxygen atoms in total. The number of rotatable bonds is 5. The van der Waals surface area contributed by atoms with E-state index in [1.165, 1.54) is 13.2 Å². The topological polar surface area (TPSA) is 87.0 Å². The van der Waals surface area contributed by atoms with Gasteiger partial charge in [-0.25, -0.2) is 4.79 Å². The van der Waals surface area contributed by atoms with Crippen LogP contribution in [0.15, 0.2) is 66.7 Å². The number of methoxy groups -OCH3 is 1. The van der Waals surface area contributed by atoms with Crippen LogP contribution < -0.4 is 4.74 Å². The Morgan fingerprint density at radius 3 is 2.23 bits per heavy atom. The van der Waals surface area contributed by atoms with Crippen LogP contribution in [0.25, 0.3) is 0 Å². The Morgan fingerprint density at radius 1 is 0.923 bits per heavy atom. The minimum absolute atomic E-state index is 0.00669. The molecule has 0 radical (unpaired) electrons. The van der Waals surface area contributed by atoms with Gasteiger partial charge in [0.2, 0.25) is 0 Å². The van der Waals surface area contributed by atoms with Gasteiger partial charge in [-0.2, -0.15) is 0 Å². The fourth-order valence-electron chi connectivity index (χ4n) is 3.04. The minimum atomic E-state index is -1.02. The number of hydrogen-bond acceptors (Lipinski definition) is 4. The largest absolute Gasteiger partial charge is 0.508 e. The van der Waals surface area contributed by atoms with E-state index in [1.807, 2.05) is 0 Å². The van der Waals surface area contributed by atoms with Gasteiger partial charge in [-0.1, -0.05) is 36.4 Å². The van der Waals surface area contributed by atoms with E-state index in [-0.39, 0.29) is 17.1 Å². The van der Waals surface area contributed by atoms with Gasteiger partial charge >= 0.3 is 5.97 Å². The number of phenolic OH excluding ortho intramolecular Hbond substituents is 2. The zero-order valence-electron chi connectivity index (χ0n) is 14.1. The number of aromatic carboxylic acids is 1. The maximum absolute atomic E-state index is 11.7. The van der Waals surface area contributed by atoms with Crippen molar-refractivity contribution in [1.82, 2.24) is 0 Å². The zero-order chi connectivity index (χ0) is 18.7. The van der Waals surface area contributed by atoms with Gasteiger partial charge in [0.05, 0.1) is 12.7 Å². The number of hydrogen-bond donors (Lipinski definition) is 3. The first-order valence-corrected chi connectivity index (χ1v) is 7.99. The normalized spacial score (nSPS) is 11.7. The van der Waals surface area contributed by atoms with Crippen LogP contribution in [0.3, 0.4) is 0 Å². The summed E-state index contributed by atoms with van der Waals surface area (Å²) >= 11 is 0. The highest BCUT2D eigenvalue weighted by Crippen LogP contribution is 2.38. The molecule has 3 N–H and O–H groups in total. The Hall–Kier alpha value is -3.47. The summed E-state index contributed by atoms with van der Waals surface area (Å²) in [5, 5.41) is 29.1. The van der Waals surface area contributed by atoms with Gasteiger partial charge in [-0.3, -0.25) is 0 Å². The van der Waals surface area contributed by atoms with Gasteiger partial charge in [0.25, 0.3) is 0 Å². The van der Waals surface area contributed by atoms with E-state index in [2.05, 4.69) is 0 Å². The first-order chi connectivity index (χ1) is 12.5. The third-order valence-corrected chi connectivity index (χ3v) is 4.27. The molecule has 0 spiro atoms. The van der Waals surface area contributed by atoms with Crippen molar-refractivity contribution in [3.05, 3.63) is 89.0 Å². The van der Waals surface area contributed by atoms with Crippen molar-refractivity contribution >= 4 is 5.97 Å². The van der Waals surface area contributed by atoms with Crippen LogP contribution in [0.2, 0.25) is 0 Å². The van der Waals surface area contributed by atoms with Crippen molar-refractivity contribution in [3.63, 3.8) is 0 Å². The van der Waals surface area contributed by atoms with Crippen molar-refractivity contribution in [2.75, 3.05) is 7.11 Å². The Morgan fingerprint density at radius 2 is 1.58 bits per heavy atom. The number of aromatic hydroxyl groups is 2. The molecule has 3 aromatic carbocycles. The molecule has 26 heavy (non-hydrogen) atoms. The van der Waals surface area contributed by atoms with Crippen molar-refractivity contribution in [3.8, 4) is 17.2 Å². The second kappa shape index (κ2) is 7.19. The molecule has 0 saturated heterocycles. The van der Waals surface area contributed by atoms with E-state index >= 15 is 0 Å². The van der Waals surface area contributed by atoms with Crippen LogP contribution in [0.1, 0.15) is 33.0 Å². The molecule has 3 rings (SSSR count). The molecule has 5 heteroatoms. The van der Waals surface area contributed by atoms with E-state index in [9.17, 15) is 20.1 Å². The Bertz CT molecular complexity index is 931. The van der Waals surface area contributed by atoms with Gasteiger partial charge < -0.3 is 20.1 Å². The number of carboxylic acid groups (broad SMARTS) is 1. The number of carbonyl (C=O) groups is 1. The SMILES string of the molecule is COc1cc([C@@H](c2ccc(O)cc2)c2ccccc2C(=O)O)ccc1O. The molecule has 0 amide bonds. The maximum atomic E-state index is 11.7. The van der Waals surface area contributed by atoms with Gasteiger partial charge in [-0.15, -0.1) is 0 Å². The predicted octanol–water partition coefficient (Wildman–Crippen LogP) is 3.98. The van der Waals surface area contributed by atoms with Crippen LogP contribution >= 0.6 is 0 Å². The van der Waals surface area contributed by atoms with Crippen LogP contribution in [-0.4, -0.2) is 28.4 Å². The molecule has 0 aliphatic rings. The lowest BCUT2D eigenvalue weighted by molar-refractivity contribution is 0.0695. The minimum Gasteiger partial charge on any atom is -0.508 e. The number of benzene rings is 3. The fraction of sp³-hybridized carbons (Fsp3) is 0.0952. The molecule has 0 aromatic heterocycles. The van der Waals surface area contributed by atoms with E-state index < -0.39 is 11.9 Å². The third-order valence-electron chi connectivity index (χ3n) is 4.27. The van der Waals surface area contributed by atoms with Gasteiger partial charge in [0.15, 0.2) is 11.5 Å². The number of carboxylic acids is 1. The average molecular weight is 350 g/mol. The highest BCUT2D eigenvalue weighted by atomic mass is 16.5. The molecule has 0 unspecified atom stereocenters. The Kier molecular flexibility index (Phi) is 4.80. The van der Waals surface area contributed by atoms with Gasteiger partial charge in [-0.05, 0) is 47.0 Å². The monoisotopic (exact) mass is 350 g/mol. The molecular weight excluding hydrogens is 332 g/mol. The van der Waals surface area contributed by atoms with E-state index in [4.69, 9.17) is 4.74 Å². The molecule has 132 valence electrons. The summed E-state index contributed by atoms with van der Waals surface area (Å²) in [6, 6.07) is 18.3. The van der Waals surface area contributed by atoms with Crippen LogP contribution in [0.5, 0.6) is 17.2 Å². The lowest BCUT2D eigenvalue weighted by atomic mass is 9.82. The number of phenols is 2. The molecule has 0 aliphatic heterocycles. The molecule has 0 bridgehead atoms. The van der Waals surface area contributed by atoms with Crippen LogP contribution in [0.4, 0.5) is 0 Å². The molecule has 0 saturated carbocycles. The highest BCUT2D eigenvalue weighted by molar-refractivity contribution is 5.90. The van der Waals surface area contributed by atoms with Crippen LogP contribution in [0, 0.1) is 0 Å². The second-order valence-corrected chi connectivity index (χ2v) is 5.85. The van der Waals surface area contributed by atoms with E-state index in [0.717, 1.165) is 11.1 Å². The summed E-state index contributed by atoms with van der Waals surface area (Å²) in [6.45, 7) is 0. The summed E-state index contributed by atoms with van der Waals surface area (Å²) in [5.41, 5.74) is 2.37. The standard InChI is InChI=1S/C21H18O5/c1-26-19-12-14(8-11-18(19)23)20(13-6-9-15(22)10-7-13)16-4-2-3-5-17(16)21(24)25/h2-12,20,22-23H,1H3,(H,24,25)/t20-/m1/s1. The molecule has 0 heterocycles. The molecular formula is C21H18O5. The molecule has 0 fully saturated rings. The van der Waals surface area contributed by atoms with Crippen molar-refractivity contribution in [2.45, 2.75) is 5.92 Å². The van der Waals surface area contributed by atoms with Gasteiger partial charge in [0.1, 0.15) is 5.75 Å². The highest BCUT2D eigenvalue weighted by Gasteiger charge is 2.23. The molecule has 1 atom stereocenters. The Balaban J connectivity index is 2.24. The Labute approximate surface area is 150 Å². The summed E-state index contributed by atoms with van der Waals surface area (Å²) in [6.07, 6.45) is 0. The smallest absolute Gasteiger partial charge is 0.335 e. The summed E-state index contributed by atoms with van der Waals surface area (Å²) in [7, 11) is 1.46. The van der Waals surface area contributed by atoms with Crippen molar-refractivity contribution in [1.29, 1.82) is 0 Å². The lowest BCUT2D eigenvalue weighted by Crippen LogP contribution is -2.10. The second-order valence-electron chi connectivity index (χ2n) is 5.85. The molecule has 3 aromatic rings. The summed E-state index contributed by atoms with van der Waals surface area (Å²) < 4.78 is 5.20. The zero-order valence-corrected chi connectivity index (χ0v) is 14.1. The molecule has 0 aliphatic carbocycles. The van der Waals surface area contributed by atoms with Gasteiger partial charge in [0, 0.05) is 5.92 Å². The first kappa shape index (κ1) is 17.4. The summed E-state index contributed by atoms with van der Waals surface area (Å²) in [4.78, 5) is 11.7. The van der Waals surface area contributed by atoms with Crippen molar-refractivity contribution in [2.24, 2.45) is 0 Å². The average Bonchev–Trinajstić information content (AvgIpc) is 2.65. The summed E-state index contributed by atoms with van der Waals surface area (Å²) in [5.74, 6) is -0.985.